The molecule has 1 heterocycles. The topological polar surface area (TPSA) is 51.4 Å². The standard InChI is InChI=1S/C13H23N3O/c1-10(2)16(8-9-17-4)13-12(11(3)14)6-5-7-15-13/h5-7,10-11H,8-9,14H2,1-4H3. The van der Waals surface area contributed by atoms with Crippen LogP contribution in [0.25, 0.3) is 0 Å². The lowest BCUT2D eigenvalue weighted by molar-refractivity contribution is 0.203. The van der Waals surface area contributed by atoms with E-state index in [0.717, 1.165) is 17.9 Å². The molecule has 0 spiro atoms. The van der Waals surface area contributed by atoms with E-state index >= 15 is 0 Å². The van der Waals surface area contributed by atoms with Gasteiger partial charge in [0, 0.05) is 37.5 Å². The van der Waals surface area contributed by atoms with E-state index in [4.69, 9.17) is 10.5 Å². The molecule has 0 radical (unpaired) electrons. The number of aromatic nitrogens is 1. The lowest BCUT2D eigenvalue weighted by atomic mass is 10.1. The molecule has 0 aliphatic rings. The highest BCUT2D eigenvalue weighted by Gasteiger charge is 2.17. The quantitative estimate of drug-likeness (QED) is 0.821. The maximum atomic E-state index is 5.98. The molecule has 1 aromatic rings. The molecule has 0 bridgehead atoms. The SMILES string of the molecule is COCCN(c1ncccc1C(C)N)C(C)C. The minimum absolute atomic E-state index is 0.0116. The Hall–Kier alpha value is -1.13. The number of nitrogens with two attached hydrogens (primary N) is 1. The van der Waals surface area contributed by atoms with E-state index in [0.29, 0.717) is 12.6 Å². The van der Waals surface area contributed by atoms with Crippen molar-refractivity contribution in [2.45, 2.75) is 32.9 Å². The summed E-state index contributed by atoms with van der Waals surface area (Å²) in [6.07, 6.45) is 1.81. The summed E-state index contributed by atoms with van der Waals surface area (Å²) < 4.78 is 5.14. The minimum Gasteiger partial charge on any atom is -0.383 e. The van der Waals surface area contributed by atoms with Gasteiger partial charge in [-0.2, -0.15) is 0 Å². The molecule has 17 heavy (non-hydrogen) atoms. The number of hydrogen-bond donors (Lipinski definition) is 1. The van der Waals surface area contributed by atoms with Crippen LogP contribution < -0.4 is 10.6 Å². The number of rotatable bonds is 6. The summed E-state index contributed by atoms with van der Waals surface area (Å²) in [7, 11) is 1.71. The second-order valence-corrected chi connectivity index (χ2v) is 4.48. The van der Waals surface area contributed by atoms with E-state index in [2.05, 4.69) is 23.7 Å². The number of pyridine rings is 1. The number of methoxy groups -OCH3 is 1. The average molecular weight is 237 g/mol. The number of nitrogens with zero attached hydrogens (tertiary/aromatic N) is 2. The summed E-state index contributed by atoms with van der Waals surface area (Å²) in [5.41, 5.74) is 7.06. The highest BCUT2D eigenvalue weighted by atomic mass is 16.5. The fraction of sp³-hybridized carbons (Fsp3) is 0.615. The Balaban J connectivity index is 3.00. The van der Waals surface area contributed by atoms with Crippen molar-refractivity contribution >= 4 is 5.82 Å². The van der Waals surface area contributed by atoms with Crippen LogP contribution in [0.4, 0.5) is 5.82 Å². The van der Waals surface area contributed by atoms with Crippen LogP contribution in [0.15, 0.2) is 18.3 Å². The maximum absolute atomic E-state index is 5.98. The molecular weight excluding hydrogens is 214 g/mol. The van der Waals surface area contributed by atoms with Crippen molar-refractivity contribution < 1.29 is 4.74 Å². The molecule has 2 N–H and O–H groups in total. The van der Waals surface area contributed by atoms with Gasteiger partial charge in [-0.3, -0.25) is 0 Å². The first kappa shape index (κ1) is 13.9. The van der Waals surface area contributed by atoms with Gasteiger partial charge in [-0.25, -0.2) is 4.98 Å². The summed E-state index contributed by atoms with van der Waals surface area (Å²) in [4.78, 5) is 6.69. The Bertz CT molecular complexity index is 339. The number of hydrogen-bond acceptors (Lipinski definition) is 4. The zero-order chi connectivity index (χ0) is 12.8. The second-order valence-electron chi connectivity index (χ2n) is 4.48. The third-order valence-corrected chi connectivity index (χ3v) is 2.74. The van der Waals surface area contributed by atoms with Crippen LogP contribution >= 0.6 is 0 Å². The van der Waals surface area contributed by atoms with Crippen molar-refractivity contribution in [1.82, 2.24) is 4.98 Å². The highest BCUT2D eigenvalue weighted by Crippen LogP contribution is 2.23. The predicted octanol–water partition coefficient (Wildman–Crippen LogP) is 1.96. The van der Waals surface area contributed by atoms with E-state index in [-0.39, 0.29) is 6.04 Å². The van der Waals surface area contributed by atoms with Gasteiger partial charge in [0.1, 0.15) is 5.82 Å². The summed E-state index contributed by atoms with van der Waals surface area (Å²) in [6.45, 7) is 7.79. The first-order valence-electron chi connectivity index (χ1n) is 6.04. The summed E-state index contributed by atoms with van der Waals surface area (Å²) in [5, 5.41) is 0. The molecule has 0 saturated heterocycles. The van der Waals surface area contributed by atoms with E-state index in [1.165, 1.54) is 0 Å². The molecule has 0 amide bonds. The summed E-state index contributed by atoms with van der Waals surface area (Å²) in [5.74, 6) is 0.967. The Labute approximate surface area is 104 Å². The van der Waals surface area contributed by atoms with Crippen molar-refractivity contribution in [3.63, 3.8) is 0 Å². The van der Waals surface area contributed by atoms with Gasteiger partial charge in [0.05, 0.1) is 6.61 Å². The molecule has 96 valence electrons. The van der Waals surface area contributed by atoms with E-state index in [1.54, 1.807) is 7.11 Å². The third-order valence-electron chi connectivity index (χ3n) is 2.74. The van der Waals surface area contributed by atoms with Gasteiger partial charge < -0.3 is 15.4 Å². The molecule has 1 rings (SSSR count). The Morgan fingerprint density at radius 2 is 2.12 bits per heavy atom. The lowest BCUT2D eigenvalue weighted by Gasteiger charge is -2.30. The van der Waals surface area contributed by atoms with Crippen molar-refractivity contribution in [2.75, 3.05) is 25.2 Å². The Morgan fingerprint density at radius 1 is 1.41 bits per heavy atom. The molecule has 0 aliphatic carbocycles. The molecule has 0 saturated carbocycles. The van der Waals surface area contributed by atoms with Crippen LogP contribution in [0.3, 0.4) is 0 Å². The van der Waals surface area contributed by atoms with Crippen molar-refractivity contribution in [1.29, 1.82) is 0 Å². The molecule has 1 aromatic heterocycles. The van der Waals surface area contributed by atoms with Crippen molar-refractivity contribution in [3.8, 4) is 0 Å². The van der Waals surface area contributed by atoms with Gasteiger partial charge in [0.15, 0.2) is 0 Å². The third kappa shape index (κ3) is 3.68. The van der Waals surface area contributed by atoms with Gasteiger partial charge in [-0.05, 0) is 26.8 Å². The molecule has 1 atom stereocenters. The first-order chi connectivity index (χ1) is 8.07. The van der Waals surface area contributed by atoms with Gasteiger partial charge in [-0.1, -0.05) is 6.07 Å². The van der Waals surface area contributed by atoms with Gasteiger partial charge >= 0.3 is 0 Å². The van der Waals surface area contributed by atoms with Crippen molar-refractivity contribution in [3.05, 3.63) is 23.9 Å². The van der Waals surface area contributed by atoms with E-state index in [9.17, 15) is 0 Å². The zero-order valence-corrected chi connectivity index (χ0v) is 11.2. The largest absolute Gasteiger partial charge is 0.383 e. The number of ether oxygens (including phenoxy) is 1. The van der Waals surface area contributed by atoms with Crippen LogP contribution in [0.1, 0.15) is 32.4 Å². The summed E-state index contributed by atoms with van der Waals surface area (Å²) >= 11 is 0. The van der Waals surface area contributed by atoms with E-state index < -0.39 is 0 Å². The molecule has 4 heteroatoms. The molecular formula is C13H23N3O. The molecule has 0 fully saturated rings. The van der Waals surface area contributed by atoms with Crippen molar-refractivity contribution in [2.24, 2.45) is 5.73 Å². The molecule has 0 aliphatic heterocycles. The van der Waals surface area contributed by atoms with Gasteiger partial charge in [0.2, 0.25) is 0 Å². The smallest absolute Gasteiger partial charge is 0.133 e. The van der Waals surface area contributed by atoms with Crippen LogP contribution in [0.5, 0.6) is 0 Å². The normalized spacial score (nSPS) is 12.8. The lowest BCUT2D eigenvalue weighted by Crippen LogP contribution is -2.35. The molecule has 0 aromatic carbocycles. The fourth-order valence-electron chi connectivity index (χ4n) is 1.80. The number of anilines is 1. The van der Waals surface area contributed by atoms with Crippen LogP contribution in [0.2, 0.25) is 0 Å². The monoisotopic (exact) mass is 237 g/mol. The summed E-state index contributed by atoms with van der Waals surface area (Å²) in [6, 6.07) is 4.33. The van der Waals surface area contributed by atoms with Gasteiger partial charge in [0.25, 0.3) is 0 Å². The average Bonchev–Trinajstić information content (AvgIpc) is 2.29. The maximum Gasteiger partial charge on any atom is 0.133 e. The van der Waals surface area contributed by atoms with Crippen LogP contribution in [0, 0.1) is 0 Å². The Morgan fingerprint density at radius 3 is 2.65 bits per heavy atom. The van der Waals surface area contributed by atoms with E-state index in [1.807, 2.05) is 25.3 Å². The highest BCUT2D eigenvalue weighted by molar-refractivity contribution is 5.48. The van der Waals surface area contributed by atoms with Crippen LogP contribution in [-0.2, 0) is 4.74 Å². The van der Waals surface area contributed by atoms with Gasteiger partial charge in [-0.15, -0.1) is 0 Å². The molecule has 1 unspecified atom stereocenters. The minimum atomic E-state index is -0.0116. The second kappa shape index (κ2) is 6.57. The Kier molecular flexibility index (Phi) is 5.38. The fourth-order valence-corrected chi connectivity index (χ4v) is 1.80. The molecule has 4 nitrogen and oxygen atoms in total. The predicted molar refractivity (Wildman–Crippen MR) is 71.2 cm³/mol. The first-order valence-corrected chi connectivity index (χ1v) is 6.04. The zero-order valence-electron chi connectivity index (χ0n) is 11.2. The van der Waals surface area contributed by atoms with Crippen LogP contribution in [-0.4, -0.2) is 31.3 Å².